The predicted molar refractivity (Wildman–Crippen MR) is 135 cm³/mol. The van der Waals surface area contributed by atoms with Gasteiger partial charge in [-0.1, -0.05) is 30.3 Å². The lowest BCUT2D eigenvalue weighted by Crippen LogP contribution is -2.19. The van der Waals surface area contributed by atoms with Crippen LogP contribution >= 0.6 is 0 Å². The van der Waals surface area contributed by atoms with Crippen LogP contribution in [0.1, 0.15) is 49.8 Å². The Balaban J connectivity index is 1.58. The van der Waals surface area contributed by atoms with Gasteiger partial charge in [0.25, 0.3) is 0 Å². The van der Waals surface area contributed by atoms with Gasteiger partial charge in [-0.05, 0) is 61.3 Å². The van der Waals surface area contributed by atoms with Crippen molar-refractivity contribution in [3.8, 4) is 11.4 Å². The van der Waals surface area contributed by atoms with Crippen molar-refractivity contribution in [3.63, 3.8) is 0 Å². The minimum absolute atomic E-state index is 0.0825. The molecule has 6 rings (SSSR count). The van der Waals surface area contributed by atoms with E-state index in [1.165, 1.54) is 11.8 Å². The van der Waals surface area contributed by atoms with Crippen molar-refractivity contribution < 1.29 is 17.9 Å². The van der Waals surface area contributed by atoms with Crippen LogP contribution in [0.5, 0.6) is 0 Å². The second-order valence-corrected chi connectivity index (χ2v) is 11.5. The molecule has 0 bridgehead atoms. The third-order valence-corrected chi connectivity index (χ3v) is 8.10. The first-order valence-corrected chi connectivity index (χ1v) is 14.2. The first kappa shape index (κ1) is 22.6. The van der Waals surface area contributed by atoms with E-state index < -0.39 is 9.84 Å². The Hall–Kier alpha value is -2.81. The summed E-state index contributed by atoms with van der Waals surface area (Å²) in [5.41, 5.74) is 3.43. The maximum atomic E-state index is 12.7. The molecule has 2 aromatic carbocycles. The normalized spacial score (nSPS) is 21.5. The standard InChI is InChI=1S/C27H29N3O4S/c1-35(31,32)27-21-9-3-2-7-19(21)16-23(28-27)26-22-15-18(20-8-6-13-33-17-20)11-12-24(22)30(29-26)25-10-4-5-14-34-25/h2-3,7,9,11-12,15-16,20,25H,4-6,8,10,13-14,17H2,1H3. The monoisotopic (exact) mass is 491 g/mol. The number of aromatic nitrogens is 3. The molecule has 4 heterocycles. The molecule has 2 aromatic heterocycles. The van der Waals surface area contributed by atoms with Gasteiger partial charge in [0.1, 0.15) is 5.69 Å². The summed E-state index contributed by atoms with van der Waals surface area (Å²) >= 11 is 0. The van der Waals surface area contributed by atoms with Gasteiger partial charge in [-0.2, -0.15) is 5.10 Å². The molecule has 0 spiro atoms. The molecule has 0 aliphatic carbocycles. The zero-order valence-corrected chi connectivity index (χ0v) is 20.6. The number of pyridine rings is 1. The lowest BCUT2D eigenvalue weighted by Gasteiger charge is -2.24. The molecular weight excluding hydrogens is 462 g/mol. The van der Waals surface area contributed by atoms with Gasteiger partial charge in [-0.25, -0.2) is 18.1 Å². The van der Waals surface area contributed by atoms with E-state index in [0.29, 0.717) is 35.9 Å². The summed E-state index contributed by atoms with van der Waals surface area (Å²) in [5.74, 6) is 0.339. The second-order valence-electron chi connectivity index (χ2n) is 9.61. The Bertz CT molecular complexity index is 1500. The highest BCUT2D eigenvalue weighted by Crippen LogP contribution is 2.37. The number of ether oxygens (including phenoxy) is 2. The molecule has 182 valence electrons. The highest BCUT2D eigenvalue weighted by molar-refractivity contribution is 7.90. The highest BCUT2D eigenvalue weighted by Gasteiger charge is 2.25. The molecule has 0 amide bonds. The van der Waals surface area contributed by atoms with Crippen LogP contribution in [-0.2, 0) is 19.3 Å². The van der Waals surface area contributed by atoms with Gasteiger partial charge < -0.3 is 9.47 Å². The average Bonchev–Trinajstić information content (AvgIpc) is 3.27. The molecule has 2 atom stereocenters. The Kier molecular flexibility index (Phi) is 5.82. The average molecular weight is 492 g/mol. The Labute approximate surface area is 205 Å². The summed E-state index contributed by atoms with van der Waals surface area (Å²) < 4.78 is 39.2. The Morgan fingerprint density at radius 3 is 2.63 bits per heavy atom. The zero-order chi connectivity index (χ0) is 24.0. The van der Waals surface area contributed by atoms with Crippen LogP contribution in [0.25, 0.3) is 33.1 Å². The van der Waals surface area contributed by atoms with E-state index in [1.54, 1.807) is 6.07 Å². The molecule has 2 unspecified atom stereocenters. The van der Waals surface area contributed by atoms with Crippen molar-refractivity contribution >= 4 is 31.5 Å². The topological polar surface area (TPSA) is 83.3 Å². The number of rotatable bonds is 4. The minimum Gasteiger partial charge on any atom is -0.381 e. The van der Waals surface area contributed by atoms with E-state index in [4.69, 9.17) is 14.6 Å². The molecular formula is C27H29N3O4S. The van der Waals surface area contributed by atoms with Gasteiger partial charge in [-0.15, -0.1) is 0 Å². The summed E-state index contributed by atoms with van der Waals surface area (Å²) in [6, 6.07) is 15.9. The summed E-state index contributed by atoms with van der Waals surface area (Å²) in [7, 11) is -3.54. The number of hydrogen-bond donors (Lipinski definition) is 0. The smallest absolute Gasteiger partial charge is 0.193 e. The highest BCUT2D eigenvalue weighted by atomic mass is 32.2. The van der Waals surface area contributed by atoms with Crippen LogP contribution in [0, 0.1) is 0 Å². The summed E-state index contributed by atoms with van der Waals surface area (Å²) in [6.45, 7) is 2.24. The quantitative estimate of drug-likeness (QED) is 0.388. The van der Waals surface area contributed by atoms with Crippen molar-refractivity contribution in [1.29, 1.82) is 0 Å². The maximum Gasteiger partial charge on any atom is 0.193 e. The minimum atomic E-state index is -3.54. The third-order valence-electron chi connectivity index (χ3n) is 7.09. The fraction of sp³-hybridized carbons (Fsp3) is 0.407. The number of sulfone groups is 1. The Morgan fingerprint density at radius 1 is 0.971 bits per heavy atom. The van der Waals surface area contributed by atoms with Gasteiger partial charge in [-0.3, -0.25) is 0 Å². The molecule has 0 radical (unpaired) electrons. The van der Waals surface area contributed by atoms with Crippen molar-refractivity contribution in [3.05, 3.63) is 54.1 Å². The fourth-order valence-corrected chi connectivity index (χ4v) is 6.16. The number of fused-ring (bicyclic) bond motifs is 2. The van der Waals surface area contributed by atoms with Gasteiger partial charge >= 0.3 is 0 Å². The molecule has 2 fully saturated rings. The van der Waals surface area contributed by atoms with Crippen molar-refractivity contribution in [1.82, 2.24) is 14.8 Å². The molecule has 2 saturated heterocycles. The molecule has 35 heavy (non-hydrogen) atoms. The van der Waals surface area contributed by atoms with E-state index in [1.807, 2.05) is 28.9 Å². The lowest BCUT2D eigenvalue weighted by atomic mass is 9.92. The van der Waals surface area contributed by atoms with Crippen molar-refractivity contribution in [2.75, 3.05) is 26.1 Å². The van der Waals surface area contributed by atoms with Gasteiger partial charge in [0.05, 0.1) is 17.8 Å². The van der Waals surface area contributed by atoms with E-state index >= 15 is 0 Å². The summed E-state index contributed by atoms with van der Waals surface area (Å²) in [5, 5.41) is 7.50. The van der Waals surface area contributed by atoms with E-state index in [0.717, 1.165) is 55.0 Å². The number of hydrogen-bond acceptors (Lipinski definition) is 6. The molecule has 2 aliphatic rings. The van der Waals surface area contributed by atoms with Crippen LogP contribution in [0.3, 0.4) is 0 Å². The first-order chi connectivity index (χ1) is 17.0. The van der Waals surface area contributed by atoms with Crippen LogP contribution in [-0.4, -0.2) is 49.3 Å². The lowest BCUT2D eigenvalue weighted by molar-refractivity contribution is -0.0365. The Morgan fingerprint density at radius 2 is 1.86 bits per heavy atom. The van der Waals surface area contributed by atoms with E-state index in [9.17, 15) is 8.42 Å². The van der Waals surface area contributed by atoms with Crippen molar-refractivity contribution in [2.24, 2.45) is 0 Å². The van der Waals surface area contributed by atoms with Crippen LogP contribution < -0.4 is 0 Å². The molecule has 0 saturated carbocycles. The summed E-state index contributed by atoms with van der Waals surface area (Å²) in [6.07, 6.45) is 6.25. The van der Waals surface area contributed by atoms with E-state index in [-0.39, 0.29) is 11.3 Å². The predicted octanol–water partition coefficient (Wildman–Crippen LogP) is 5.25. The van der Waals surface area contributed by atoms with Crippen LogP contribution in [0.15, 0.2) is 53.6 Å². The maximum absolute atomic E-state index is 12.7. The van der Waals surface area contributed by atoms with Gasteiger partial charge in [0.15, 0.2) is 21.1 Å². The first-order valence-electron chi connectivity index (χ1n) is 12.3. The van der Waals surface area contributed by atoms with Gasteiger partial charge in [0.2, 0.25) is 0 Å². The van der Waals surface area contributed by atoms with Gasteiger partial charge in [0, 0.05) is 36.2 Å². The fourth-order valence-electron chi connectivity index (χ4n) is 5.31. The van der Waals surface area contributed by atoms with E-state index in [2.05, 4.69) is 23.2 Å². The summed E-state index contributed by atoms with van der Waals surface area (Å²) in [4.78, 5) is 4.66. The zero-order valence-electron chi connectivity index (χ0n) is 19.8. The molecule has 0 N–H and O–H groups in total. The van der Waals surface area contributed by atoms with Crippen LogP contribution in [0.2, 0.25) is 0 Å². The number of nitrogens with zero attached hydrogens (tertiary/aromatic N) is 3. The molecule has 7 nitrogen and oxygen atoms in total. The second kappa shape index (κ2) is 9.00. The number of benzene rings is 2. The largest absolute Gasteiger partial charge is 0.381 e. The SMILES string of the molecule is CS(=O)(=O)c1nc(-c2nn(C3CCCCO3)c3ccc(C4CCCOC4)cc23)cc2ccccc12. The molecule has 4 aromatic rings. The molecule has 2 aliphatic heterocycles. The third kappa shape index (κ3) is 4.24. The van der Waals surface area contributed by atoms with Crippen LogP contribution in [0.4, 0.5) is 0 Å². The van der Waals surface area contributed by atoms with Crippen molar-refractivity contribution in [2.45, 2.75) is 49.3 Å². The molecule has 8 heteroatoms.